The molecule has 0 bridgehead atoms. The molecule has 19 heavy (non-hydrogen) atoms. The molecule has 0 atom stereocenters. The topological polar surface area (TPSA) is 38.8 Å². The molecule has 0 radical (unpaired) electrons. The predicted molar refractivity (Wildman–Crippen MR) is 78.4 cm³/mol. The Morgan fingerprint density at radius 3 is 2.79 bits per heavy atom. The van der Waals surface area contributed by atoms with E-state index in [0.717, 1.165) is 23.2 Å². The summed E-state index contributed by atoms with van der Waals surface area (Å²) in [6.07, 6.45) is 0.994. The van der Waals surface area contributed by atoms with E-state index in [0.29, 0.717) is 19.7 Å². The van der Waals surface area contributed by atoms with E-state index >= 15 is 0 Å². The predicted octanol–water partition coefficient (Wildman–Crippen LogP) is 2.71. The van der Waals surface area contributed by atoms with Crippen molar-refractivity contribution in [2.45, 2.75) is 13.3 Å². The van der Waals surface area contributed by atoms with Crippen LogP contribution in [0.2, 0.25) is 0 Å². The normalized spacial score (nSPS) is 10.5. The molecule has 0 aromatic heterocycles. The number of esters is 1. The zero-order chi connectivity index (χ0) is 14.1. The van der Waals surface area contributed by atoms with Crippen molar-refractivity contribution in [2.24, 2.45) is 0 Å². The van der Waals surface area contributed by atoms with E-state index in [9.17, 15) is 4.79 Å². The van der Waals surface area contributed by atoms with Crippen molar-refractivity contribution in [3.8, 4) is 5.75 Å². The van der Waals surface area contributed by atoms with Crippen LogP contribution in [0.5, 0.6) is 5.75 Å². The fraction of sp³-hybridized carbons (Fsp3) is 0.500. The number of nitrogens with zero attached hydrogens (tertiary/aromatic N) is 1. The third-order valence-electron chi connectivity index (χ3n) is 2.59. The second-order valence-corrected chi connectivity index (χ2v) is 5.07. The van der Waals surface area contributed by atoms with Crippen molar-refractivity contribution >= 4 is 21.9 Å². The number of hydrogen-bond donors (Lipinski definition) is 0. The molecule has 1 aromatic carbocycles. The third-order valence-corrected chi connectivity index (χ3v) is 3.09. The molecule has 0 fully saturated rings. The first-order valence-electron chi connectivity index (χ1n) is 6.33. The van der Waals surface area contributed by atoms with Crippen molar-refractivity contribution in [1.29, 1.82) is 0 Å². The lowest BCUT2D eigenvalue weighted by Gasteiger charge is -2.20. The Bertz CT molecular complexity index is 398. The van der Waals surface area contributed by atoms with Gasteiger partial charge in [-0.1, -0.05) is 28.9 Å². The highest BCUT2D eigenvalue weighted by atomic mass is 79.9. The summed E-state index contributed by atoms with van der Waals surface area (Å²) in [6, 6.07) is 7.71. The molecule has 5 heteroatoms. The van der Waals surface area contributed by atoms with E-state index in [2.05, 4.69) is 27.6 Å². The summed E-state index contributed by atoms with van der Waals surface area (Å²) in [6.45, 7) is 4.51. The SMILES string of the molecule is CCCN(CCOc1cccc(Br)c1)CC(=O)OC. The quantitative estimate of drug-likeness (QED) is 0.687. The van der Waals surface area contributed by atoms with Gasteiger partial charge in [0.15, 0.2) is 0 Å². The van der Waals surface area contributed by atoms with Crippen LogP contribution in [0.25, 0.3) is 0 Å². The molecule has 106 valence electrons. The number of benzene rings is 1. The van der Waals surface area contributed by atoms with Crippen LogP contribution in [0.1, 0.15) is 13.3 Å². The Labute approximate surface area is 122 Å². The van der Waals surface area contributed by atoms with Gasteiger partial charge in [0.2, 0.25) is 0 Å². The first-order valence-corrected chi connectivity index (χ1v) is 7.12. The standard InChI is InChI=1S/C14H20BrNO3/c1-3-7-16(11-14(17)18-2)8-9-19-13-6-4-5-12(15)10-13/h4-6,10H,3,7-9,11H2,1-2H3. The van der Waals surface area contributed by atoms with Crippen molar-refractivity contribution in [3.05, 3.63) is 28.7 Å². The molecular formula is C14H20BrNO3. The molecule has 0 aliphatic heterocycles. The van der Waals surface area contributed by atoms with Crippen LogP contribution in [0.15, 0.2) is 28.7 Å². The van der Waals surface area contributed by atoms with E-state index in [4.69, 9.17) is 4.74 Å². The van der Waals surface area contributed by atoms with Crippen LogP contribution in [-0.4, -0.2) is 44.2 Å². The van der Waals surface area contributed by atoms with Gasteiger partial charge in [0, 0.05) is 11.0 Å². The lowest BCUT2D eigenvalue weighted by Crippen LogP contribution is -2.34. The van der Waals surface area contributed by atoms with Crippen LogP contribution in [0, 0.1) is 0 Å². The third kappa shape index (κ3) is 6.59. The lowest BCUT2D eigenvalue weighted by atomic mass is 10.3. The van der Waals surface area contributed by atoms with Crippen molar-refractivity contribution in [3.63, 3.8) is 0 Å². The molecule has 0 N–H and O–H groups in total. The summed E-state index contributed by atoms with van der Waals surface area (Å²) in [7, 11) is 1.41. The molecule has 0 heterocycles. The molecule has 0 unspecified atom stereocenters. The van der Waals surface area contributed by atoms with Gasteiger partial charge in [-0.2, -0.15) is 0 Å². The van der Waals surface area contributed by atoms with E-state index in [-0.39, 0.29) is 5.97 Å². The maximum atomic E-state index is 11.3. The van der Waals surface area contributed by atoms with Gasteiger partial charge >= 0.3 is 5.97 Å². The summed E-state index contributed by atoms with van der Waals surface area (Å²) in [5.41, 5.74) is 0. The minimum Gasteiger partial charge on any atom is -0.492 e. The highest BCUT2D eigenvalue weighted by Crippen LogP contribution is 2.17. The minimum absolute atomic E-state index is 0.212. The van der Waals surface area contributed by atoms with Crippen molar-refractivity contribution in [2.75, 3.05) is 33.4 Å². The van der Waals surface area contributed by atoms with E-state index in [1.165, 1.54) is 7.11 Å². The van der Waals surface area contributed by atoms with Gasteiger partial charge in [-0.05, 0) is 31.2 Å². The summed E-state index contributed by atoms with van der Waals surface area (Å²) in [4.78, 5) is 13.3. The molecule has 0 saturated carbocycles. The fourth-order valence-corrected chi connectivity index (χ4v) is 2.06. The second-order valence-electron chi connectivity index (χ2n) is 4.16. The Balaban J connectivity index is 2.37. The van der Waals surface area contributed by atoms with Crippen LogP contribution in [0.4, 0.5) is 0 Å². The van der Waals surface area contributed by atoms with Crippen molar-refractivity contribution < 1.29 is 14.3 Å². The summed E-state index contributed by atoms with van der Waals surface area (Å²) >= 11 is 3.40. The number of carbonyl (C=O) groups is 1. The maximum absolute atomic E-state index is 11.3. The molecule has 4 nitrogen and oxygen atoms in total. The van der Waals surface area contributed by atoms with Gasteiger partial charge in [-0.3, -0.25) is 9.69 Å². The summed E-state index contributed by atoms with van der Waals surface area (Å²) in [5.74, 6) is 0.611. The average Bonchev–Trinajstić information content (AvgIpc) is 2.39. The minimum atomic E-state index is -0.212. The van der Waals surface area contributed by atoms with E-state index < -0.39 is 0 Å². The molecule has 0 aliphatic rings. The van der Waals surface area contributed by atoms with Gasteiger partial charge in [0.1, 0.15) is 12.4 Å². The first kappa shape index (κ1) is 16.0. The Morgan fingerprint density at radius 1 is 1.37 bits per heavy atom. The zero-order valence-electron chi connectivity index (χ0n) is 11.4. The van der Waals surface area contributed by atoms with Gasteiger partial charge in [-0.25, -0.2) is 0 Å². The van der Waals surface area contributed by atoms with Gasteiger partial charge in [0.25, 0.3) is 0 Å². The van der Waals surface area contributed by atoms with Gasteiger partial charge < -0.3 is 9.47 Å². The second kappa shape index (κ2) is 8.93. The Hall–Kier alpha value is -1.07. The van der Waals surface area contributed by atoms with Crippen molar-refractivity contribution in [1.82, 2.24) is 4.90 Å². The Kier molecular flexibility index (Phi) is 7.52. The highest BCUT2D eigenvalue weighted by Gasteiger charge is 2.10. The van der Waals surface area contributed by atoms with Crippen LogP contribution < -0.4 is 4.74 Å². The summed E-state index contributed by atoms with van der Waals surface area (Å²) in [5, 5.41) is 0. The van der Waals surface area contributed by atoms with Crippen LogP contribution in [0.3, 0.4) is 0 Å². The molecule has 1 rings (SSSR count). The number of ether oxygens (including phenoxy) is 2. The van der Waals surface area contributed by atoms with E-state index in [1.54, 1.807) is 0 Å². The monoisotopic (exact) mass is 329 g/mol. The molecule has 0 amide bonds. The molecule has 0 aliphatic carbocycles. The number of methoxy groups -OCH3 is 1. The lowest BCUT2D eigenvalue weighted by molar-refractivity contribution is -0.142. The fourth-order valence-electron chi connectivity index (χ4n) is 1.68. The molecule has 0 saturated heterocycles. The smallest absolute Gasteiger partial charge is 0.319 e. The molecule has 1 aromatic rings. The number of carbonyl (C=O) groups excluding carboxylic acids is 1. The zero-order valence-corrected chi connectivity index (χ0v) is 13.0. The van der Waals surface area contributed by atoms with Gasteiger partial charge in [0.05, 0.1) is 13.7 Å². The largest absolute Gasteiger partial charge is 0.492 e. The summed E-state index contributed by atoms with van der Waals surface area (Å²) < 4.78 is 11.3. The maximum Gasteiger partial charge on any atom is 0.319 e. The van der Waals surface area contributed by atoms with E-state index in [1.807, 2.05) is 29.2 Å². The number of rotatable bonds is 8. The molecule has 0 spiro atoms. The first-order chi connectivity index (χ1) is 9.15. The number of hydrogen-bond acceptors (Lipinski definition) is 4. The van der Waals surface area contributed by atoms with Crippen LogP contribution >= 0.6 is 15.9 Å². The Morgan fingerprint density at radius 2 is 2.16 bits per heavy atom. The highest BCUT2D eigenvalue weighted by molar-refractivity contribution is 9.10. The number of halogens is 1. The average molecular weight is 330 g/mol. The molecular weight excluding hydrogens is 310 g/mol. The van der Waals surface area contributed by atoms with Gasteiger partial charge in [-0.15, -0.1) is 0 Å². The van der Waals surface area contributed by atoms with Crippen LogP contribution in [-0.2, 0) is 9.53 Å².